The number of carboxylic acids is 2. The number of alkyl halides is 1. The SMILES string of the molecule is O=C(O)CN(CC(=O)O)Cc1ccc(-c2nnc(-c3ccc(OCCF)cn3)nn2)nc1. The molecule has 3 rings (SSSR count). The predicted octanol–water partition coefficient (Wildman–Crippen LogP) is 0.710. The fourth-order valence-electron chi connectivity index (χ4n) is 2.65. The second-order valence-electron chi connectivity index (χ2n) is 6.45. The van der Waals surface area contributed by atoms with E-state index in [4.69, 9.17) is 14.9 Å². The zero-order valence-corrected chi connectivity index (χ0v) is 16.6. The third kappa shape index (κ3) is 6.43. The van der Waals surface area contributed by atoms with E-state index in [-0.39, 0.29) is 24.8 Å². The predicted molar refractivity (Wildman–Crippen MR) is 106 cm³/mol. The van der Waals surface area contributed by atoms with E-state index in [1.807, 2.05) is 0 Å². The summed E-state index contributed by atoms with van der Waals surface area (Å²) in [6, 6.07) is 6.46. The Kier molecular flexibility index (Phi) is 7.59. The van der Waals surface area contributed by atoms with Crippen LogP contribution >= 0.6 is 0 Å². The van der Waals surface area contributed by atoms with Crippen molar-refractivity contribution in [3.8, 4) is 28.8 Å². The Morgan fingerprint density at radius 2 is 1.44 bits per heavy atom. The second-order valence-corrected chi connectivity index (χ2v) is 6.45. The lowest BCUT2D eigenvalue weighted by molar-refractivity contribution is -0.142. The largest absolute Gasteiger partial charge is 0.489 e. The number of aromatic nitrogens is 6. The van der Waals surface area contributed by atoms with Crippen molar-refractivity contribution in [2.75, 3.05) is 26.4 Å². The van der Waals surface area contributed by atoms with E-state index in [0.29, 0.717) is 22.7 Å². The minimum Gasteiger partial charge on any atom is -0.489 e. The summed E-state index contributed by atoms with van der Waals surface area (Å²) in [5.41, 5.74) is 1.41. The molecule has 3 aromatic heterocycles. The zero-order chi connectivity index (χ0) is 22.9. The zero-order valence-electron chi connectivity index (χ0n) is 16.6. The third-order valence-electron chi connectivity index (χ3n) is 3.97. The van der Waals surface area contributed by atoms with Crippen LogP contribution in [0.15, 0.2) is 36.7 Å². The average Bonchev–Trinajstić information content (AvgIpc) is 2.78. The quantitative estimate of drug-likeness (QED) is 0.427. The molecular weight excluding hydrogens is 425 g/mol. The molecule has 0 unspecified atom stereocenters. The Bertz CT molecular complexity index is 1030. The van der Waals surface area contributed by atoms with Crippen LogP contribution in [0.4, 0.5) is 4.39 Å². The standard InChI is InChI=1S/C19H18FN7O5/c20-5-6-32-13-2-4-15(22-8-13)19-25-23-18(24-26-19)14-3-1-12(7-21-14)9-27(10-16(28)29)11-17(30)31/h1-4,7-8H,5-6,9-11H2,(H,28,29)(H,30,31). The third-order valence-corrected chi connectivity index (χ3v) is 3.97. The van der Waals surface area contributed by atoms with Gasteiger partial charge in [-0.2, -0.15) is 0 Å². The van der Waals surface area contributed by atoms with Gasteiger partial charge in [0.25, 0.3) is 0 Å². The Morgan fingerprint density at radius 1 is 0.875 bits per heavy atom. The number of hydrogen-bond donors (Lipinski definition) is 2. The molecule has 0 spiro atoms. The molecule has 12 nitrogen and oxygen atoms in total. The molecule has 2 N–H and O–H groups in total. The smallest absolute Gasteiger partial charge is 0.317 e. The molecule has 3 heterocycles. The number of ether oxygens (including phenoxy) is 1. The van der Waals surface area contributed by atoms with Gasteiger partial charge >= 0.3 is 11.9 Å². The fraction of sp³-hybridized carbons (Fsp3) is 0.263. The van der Waals surface area contributed by atoms with Crippen LogP contribution in [0.25, 0.3) is 23.0 Å². The summed E-state index contributed by atoms with van der Waals surface area (Å²) in [6.07, 6.45) is 2.89. The van der Waals surface area contributed by atoms with Crippen LogP contribution in [0.1, 0.15) is 5.56 Å². The molecule has 0 amide bonds. The molecule has 13 heteroatoms. The van der Waals surface area contributed by atoms with Gasteiger partial charge in [0, 0.05) is 12.7 Å². The van der Waals surface area contributed by atoms with Crippen molar-refractivity contribution in [1.29, 1.82) is 0 Å². The van der Waals surface area contributed by atoms with Gasteiger partial charge in [0.15, 0.2) is 0 Å². The van der Waals surface area contributed by atoms with Crippen molar-refractivity contribution in [1.82, 2.24) is 35.3 Å². The van der Waals surface area contributed by atoms with Crippen LogP contribution in [-0.4, -0.2) is 83.8 Å². The molecule has 0 bridgehead atoms. The van der Waals surface area contributed by atoms with E-state index in [1.54, 1.807) is 24.3 Å². The van der Waals surface area contributed by atoms with Gasteiger partial charge in [-0.15, -0.1) is 20.4 Å². The van der Waals surface area contributed by atoms with Crippen molar-refractivity contribution in [2.24, 2.45) is 0 Å². The molecule has 0 fully saturated rings. The molecule has 32 heavy (non-hydrogen) atoms. The van der Waals surface area contributed by atoms with Gasteiger partial charge in [-0.3, -0.25) is 19.5 Å². The van der Waals surface area contributed by atoms with Crippen LogP contribution in [0.5, 0.6) is 5.75 Å². The lowest BCUT2D eigenvalue weighted by Crippen LogP contribution is -2.34. The molecule has 0 aromatic carbocycles. The lowest BCUT2D eigenvalue weighted by Gasteiger charge is -2.17. The molecule has 166 valence electrons. The Hall–Kier alpha value is -4.13. The number of carbonyl (C=O) groups is 2. The van der Waals surface area contributed by atoms with E-state index in [1.165, 1.54) is 17.3 Å². The summed E-state index contributed by atoms with van der Waals surface area (Å²) in [5.74, 6) is -1.49. The van der Waals surface area contributed by atoms with Gasteiger partial charge in [-0.1, -0.05) is 6.07 Å². The van der Waals surface area contributed by atoms with Gasteiger partial charge in [-0.05, 0) is 23.8 Å². The summed E-state index contributed by atoms with van der Waals surface area (Å²) >= 11 is 0. The van der Waals surface area contributed by atoms with Crippen LogP contribution < -0.4 is 4.74 Å². The number of rotatable bonds is 11. The molecule has 0 atom stereocenters. The molecule has 0 radical (unpaired) electrons. The maximum atomic E-state index is 12.1. The summed E-state index contributed by atoms with van der Waals surface area (Å²) in [7, 11) is 0. The maximum absolute atomic E-state index is 12.1. The Labute approximate surface area is 180 Å². The van der Waals surface area contributed by atoms with Gasteiger partial charge in [0.1, 0.15) is 30.4 Å². The Balaban J connectivity index is 1.67. The highest BCUT2D eigenvalue weighted by Crippen LogP contribution is 2.17. The van der Waals surface area contributed by atoms with E-state index in [9.17, 15) is 14.0 Å². The maximum Gasteiger partial charge on any atom is 0.317 e. The molecular formula is C19H18FN7O5. The number of carboxylic acid groups (broad SMARTS) is 2. The van der Waals surface area contributed by atoms with Crippen molar-refractivity contribution in [3.05, 3.63) is 42.2 Å². The van der Waals surface area contributed by atoms with Crippen LogP contribution in [0, 0.1) is 0 Å². The molecule has 0 aliphatic rings. The van der Waals surface area contributed by atoms with Crippen molar-refractivity contribution < 1.29 is 28.9 Å². The number of aliphatic carboxylic acids is 2. The average molecular weight is 443 g/mol. The highest BCUT2D eigenvalue weighted by atomic mass is 19.1. The molecule has 0 aliphatic carbocycles. The van der Waals surface area contributed by atoms with Gasteiger partial charge in [-0.25, -0.2) is 9.37 Å². The first-order valence-corrected chi connectivity index (χ1v) is 9.28. The molecule has 0 saturated carbocycles. The van der Waals surface area contributed by atoms with Crippen LogP contribution in [0.3, 0.4) is 0 Å². The molecule has 3 aromatic rings. The molecule has 0 aliphatic heterocycles. The number of hydrogen-bond acceptors (Lipinski definition) is 10. The van der Waals surface area contributed by atoms with E-state index in [0.717, 1.165) is 0 Å². The van der Waals surface area contributed by atoms with Gasteiger partial charge in [0.05, 0.1) is 19.3 Å². The van der Waals surface area contributed by atoms with Crippen LogP contribution in [-0.2, 0) is 16.1 Å². The van der Waals surface area contributed by atoms with Gasteiger partial charge < -0.3 is 14.9 Å². The van der Waals surface area contributed by atoms with Crippen molar-refractivity contribution in [3.63, 3.8) is 0 Å². The Morgan fingerprint density at radius 3 is 1.88 bits per heavy atom. The first-order valence-electron chi connectivity index (χ1n) is 9.28. The number of pyridine rings is 2. The summed E-state index contributed by atoms with van der Waals surface area (Å²) in [5, 5.41) is 33.8. The minimum absolute atomic E-state index is 0.0573. The monoisotopic (exact) mass is 443 g/mol. The normalized spacial score (nSPS) is 10.8. The fourth-order valence-corrected chi connectivity index (χ4v) is 2.65. The van der Waals surface area contributed by atoms with Crippen LogP contribution in [0.2, 0.25) is 0 Å². The highest BCUT2D eigenvalue weighted by molar-refractivity contribution is 5.72. The van der Waals surface area contributed by atoms with Gasteiger partial charge in [0.2, 0.25) is 11.6 Å². The first-order chi connectivity index (χ1) is 15.4. The summed E-state index contributed by atoms with van der Waals surface area (Å²) in [6.45, 7) is -1.39. The molecule has 0 saturated heterocycles. The minimum atomic E-state index is -1.13. The second kappa shape index (κ2) is 10.8. The lowest BCUT2D eigenvalue weighted by atomic mass is 10.2. The van der Waals surface area contributed by atoms with Crippen molar-refractivity contribution in [2.45, 2.75) is 6.54 Å². The van der Waals surface area contributed by atoms with E-state index < -0.39 is 31.7 Å². The first kappa shape index (κ1) is 22.6. The van der Waals surface area contributed by atoms with Crippen molar-refractivity contribution >= 4 is 11.9 Å². The number of halogens is 1. The highest BCUT2D eigenvalue weighted by Gasteiger charge is 2.15. The summed E-state index contributed by atoms with van der Waals surface area (Å²) in [4.78, 5) is 31.4. The van der Waals surface area contributed by atoms with E-state index in [2.05, 4.69) is 30.4 Å². The number of nitrogens with zero attached hydrogens (tertiary/aromatic N) is 7. The summed E-state index contributed by atoms with van der Waals surface area (Å²) < 4.78 is 17.3. The topological polar surface area (TPSA) is 164 Å². The van der Waals surface area contributed by atoms with E-state index >= 15 is 0 Å².